The third-order valence-corrected chi connectivity index (χ3v) is 3.31. The highest BCUT2D eigenvalue weighted by atomic mass is 15.2. The molecular formula is C14H28N4. The Kier molecular flexibility index (Phi) is 8.47. The predicted molar refractivity (Wildman–Crippen MR) is 75.4 cm³/mol. The van der Waals surface area contributed by atoms with Crippen molar-refractivity contribution in [3.05, 3.63) is 12.2 Å². The van der Waals surface area contributed by atoms with Crippen molar-refractivity contribution in [2.45, 2.75) is 71.3 Å². The molecule has 0 saturated heterocycles. The van der Waals surface area contributed by atoms with Crippen LogP contribution in [0, 0.1) is 0 Å². The van der Waals surface area contributed by atoms with E-state index in [1.807, 2.05) is 0 Å². The van der Waals surface area contributed by atoms with Crippen LogP contribution in [0.15, 0.2) is 6.33 Å². The minimum absolute atomic E-state index is 0.341. The second-order valence-electron chi connectivity index (χ2n) is 4.89. The first-order chi connectivity index (χ1) is 8.88. The number of aromatic amines is 1. The Hall–Kier alpha value is -0.900. The zero-order valence-electron chi connectivity index (χ0n) is 11.9. The number of nitrogens with one attached hydrogen (secondary N) is 2. The molecule has 0 aliphatic rings. The zero-order chi connectivity index (χ0) is 13.1. The van der Waals surface area contributed by atoms with E-state index in [0.29, 0.717) is 6.04 Å². The first-order valence-corrected chi connectivity index (χ1v) is 7.47. The fourth-order valence-electron chi connectivity index (χ4n) is 2.27. The second kappa shape index (κ2) is 10.1. The molecular weight excluding hydrogens is 224 g/mol. The highest BCUT2D eigenvalue weighted by Gasteiger charge is 2.12. The summed E-state index contributed by atoms with van der Waals surface area (Å²) in [4.78, 5) is 4.25. The van der Waals surface area contributed by atoms with Gasteiger partial charge in [0.15, 0.2) is 0 Å². The number of hydrogen-bond acceptors (Lipinski definition) is 3. The van der Waals surface area contributed by atoms with Crippen LogP contribution in [0.4, 0.5) is 0 Å². The van der Waals surface area contributed by atoms with Gasteiger partial charge in [-0.05, 0) is 13.0 Å². The van der Waals surface area contributed by atoms with Crippen molar-refractivity contribution in [1.82, 2.24) is 20.5 Å². The van der Waals surface area contributed by atoms with E-state index >= 15 is 0 Å². The number of H-pyrrole nitrogens is 1. The lowest BCUT2D eigenvalue weighted by atomic mass is 10.0. The average molecular weight is 252 g/mol. The first kappa shape index (κ1) is 15.2. The maximum atomic E-state index is 4.25. The topological polar surface area (TPSA) is 53.6 Å². The Balaban J connectivity index is 2.11. The molecule has 18 heavy (non-hydrogen) atoms. The van der Waals surface area contributed by atoms with Crippen LogP contribution < -0.4 is 5.32 Å². The maximum Gasteiger partial charge on any atom is 0.141 e. The van der Waals surface area contributed by atoms with Crippen molar-refractivity contribution in [1.29, 1.82) is 0 Å². The third kappa shape index (κ3) is 6.15. The number of hydrogen-bond donors (Lipinski definition) is 2. The molecule has 104 valence electrons. The Morgan fingerprint density at radius 2 is 1.83 bits per heavy atom. The van der Waals surface area contributed by atoms with Crippen LogP contribution in [0.3, 0.4) is 0 Å². The Morgan fingerprint density at radius 3 is 2.44 bits per heavy atom. The molecule has 0 aliphatic heterocycles. The lowest BCUT2D eigenvalue weighted by Crippen LogP contribution is -2.22. The second-order valence-corrected chi connectivity index (χ2v) is 4.89. The molecule has 0 bridgehead atoms. The molecule has 1 aromatic heterocycles. The van der Waals surface area contributed by atoms with E-state index in [1.54, 1.807) is 6.33 Å². The van der Waals surface area contributed by atoms with E-state index in [0.717, 1.165) is 18.8 Å². The molecule has 0 amide bonds. The maximum absolute atomic E-state index is 4.25. The van der Waals surface area contributed by atoms with Crippen molar-refractivity contribution in [2.24, 2.45) is 0 Å². The fraction of sp³-hybridized carbons (Fsp3) is 0.857. The predicted octanol–water partition coefficient (Wildman–Crippen LogP) is 3.60. The van der Waals surface area contributed by atoms with E-state index < -0.39 is 0 Å². The molecule has 1 atom stereocenters. The molecule has 0 saturated carbocycles. The van der Waals surface area contributed by atoms with Crippen LogP contribution in [0.5, 0.6) is 0 Å². The van der Waals surface area contributed by atoms with Gasteiger partial charge in [0.1, 0.15) is 12.2 Å². The summed E-state index contributed by atoms with van der Waals surface area (Å²) in [5, 5.41) is 10.4. The van der Waals surface area contributed by atoms with Gasteiger partial charge in [-0.15, -0.1) is 0 Å². The van der Waals surface area contributed by atoms with Crippen LogP contribution in [0.2, 0.25) is 0 Å². The lowest BCUT2D eigenvalue weighted by Gasteiger charge is -2.14. The lowest BCUT2D eigenvalue weighted by molar-refractivity contribution is 0.459. The number of unbranched alkanes of at least 4 members (excludes halogenated alkanes) is 6. The minimum Gasteiger partial charge on any atom is -0.308 e. The highest BCUT2D eigenvalue weighted by Crippen LogP contribution is 2.17. The Labute approximate surface area is 111 Å². The van der Waals surface area contributed by atoms with E-state index in [9.17, 15) is 0 Å². The largest absolute Gasteiger partial charge is 0.308 e. The van der Waals surface area contributed by atoms with Gasteiger partial charge in [0.05, 0.1) is 6.04 Å². The number of nitrogens with zero attached hydrogens (tertiary/aromatic N) is 2. The summed E-state index contributed by atoms with van der Waals surface area (Å²) in [7, 11) is 0. The molecule has 1 rings (SSSR count). The van der Waals surface area contributed by atoms with E-state index in [2.05, 4.69) is 34.3 Å². The summed E-state index contributed by atoms with van der Waals surface area (Å²) in [5.41, 5.74) is 0. The van der Waals surface area contributed by atoms with Crippen LogP contribution in [0.25, 0.3) is 0 Å². The van der Waals surface area contributed by atoms with Crippen LogP contribution >= 0.6 is 0 Å². The van der Waals surface area contributed by atoms with Gasteiger partial charge in [-0.1, -0.05) is 58.8 Å². The van der Waals surface area contributed by atoms with Gasteiger partial charge < -0.3 is 5.32 Å². The van der Waals surface area contributed by atoms with Crippen molar-refractivity contribution in [2.75, 3.05) is 6.54 Å². The van der Waals surface area contributed by atoms with Crippen molar-refractivity contribution < 1.29 is 0 Å². The van der Waals surface area contributed by atoms with Gasteiger partial charge >= 0.3 is 0 Å². The summed E-state index contributed by atoms with van der Waals surface area (Å²) in [5.74, 6) is 0.975. The fourth-order valence-corrected chi connectivity index (χ4v) is 2.27. The Morgan fingerprint density at radius 1 is 1.11 bits per heavy atom. The van der Waals surface area contributed by atoms with Gasteiger partial charge in [0, 0.05) is 0 Å². The quantitative estimate of drug-likeness (QED) is 0.592. The van der Waals surface area contributed by atoms with Crippen molar-refractivity contribution >= 4 is 0 Å². The summed E-state index contributed by atoms with van der Waals surface area (Å²) < 4.78 is 0. The normalized spacial score (nSPS) is 12.8. The molecule has 1 unspecified atom stereocenters. The van der Waals surface area contributed by atoms with Crippen molar-refractivity contribution in [3.8, 4) is 0 Å². The summed E-state index contributed by atoms with van der Waals surface area (Å²) in [6.07, 6.45) is 12.2. The third-order valence-electron chi connectivity index (χ3n) is 3.31. The van der Waals surface area contributed by atoms with Gasteiger partial charge in [0.2, 0.25) is 0 Å². The average Bonchev–Trinajstić information content (AvgIpc) is 2.90. The molecule has 0 radical (unpaired) electrons. The van der Waals surface area contributed by atoms with Gasteiger partial charge in [-0.3, -0.25) is 5.10 Å². The molecule has 4 nitrogen and oxygen atoms in total. The molecule has 0 spiro atoms. The number of aromatic nitrogens is 3. The number of rotatable bonds is 11. The van der Waals surface area contributed by atoms with Crippen LogP contribution in [0.1, 0.15) is 77.1 Å². The first-order valence-electron chi connectivity index (χ1n) is 7.47. The molecule has 1 heterocycles. The van der Waals surface area contributed by atoms with E-state index in [4.69, 9.17) is 0 Å². The molecule has 0 aliphatic carbocycles. The monoisotopic (exact) mass is 252 g/mol. The molecule has 2 N–H and O–H groups in total. The molecule has 4 heteroatoms. The standard InChI is InChI=1S/C14H28N4/c1-3-5-6-7-8-9-10-11-13(15-4-2)14-16-12-17-18-14/h12-13,15H,3-11H2,1-2H3,(H,16,17,18). The Bertz CT molecular complexity index is 271. The molecule has 1 aromatic rings. The molecule has 0 aromatic carbocycles. The summed E-state index contributed by atoms with van der Waals surface area (Å²) in [6, 6.07) is 0.341. The van der Waals surface area contributed by atoms with E-state index in [1.165, 1.54) is 44.9 Å². The SMILES string of the molecule is CCCCCCCCCC(NCC)c1ncn[nH]1. The van der Waals surface area contributed by atoms with Crippen LogP contribution in [-0.4, -0.2) is 21.7 Å². The smallest absolute Gasteiger partial charge is 0.141 e. The summed E-state index contributed by atoms with van der Waals surface area (Å²) in [6.45, 7) is 5.37. The summed E-state index contributed by atoms with van der Waals surface area (Å²) >= 11 is 0. The van der Waals surface area contributed by atoms with Crippen LogP contribution in [-0.2, 0) is 0 Å². The van der Waals surface area contributed by atoms with Gasteiger partial charge in [-0.25, -0.2) is 4.98 Å². The van der Waals surface area contributed by atoms with E-state index in [-0.39, 0.29) is 0 Å². The molecule has 0 fully saturated rings. The van der Waals surface area contributed by atoms with Crippen molar-refractivity contribution in [3.63, 3.8) is 0 Å². The van der Waals surface area contributed by atoms with Gasteiger partial charge in [0.25, 0.3) is 0 Å². The zero-order valence-corrected chi connectivity index (χ0v) is 11.9. The highest BCUT2D eigenvalue weighted by molar-refractivity contribution is 4.90. The van der Waals surface area contributed by atoms with Gasteiger partial charge in [-0.2, -0.15) is 5.10 Å². The minimum atomic E-state index is 0.341.